The van der Waals surface area contributed by atoms with E-state index in [1.807, 2.05) is 69.3 Å². The first-order valence-electron chi connectivity index (χ1n) is 11.0. The average Bonchev–Trinajstić information content (AvgIpc) is 3.02. The van der Waals surface area contributed by atoms with Crippen LogP contribution in [0.15, 0.2) is 66.4 Å². The third kappa shape index (κ3) is 4.31. The van der Waals surface area contributed by atoms with Gasteiger partial charge in [0.05, 0.1) is 11.3 Å². The molecule has 0 saturated carbocycles. The summed E-state index contributed by atoms with van der Waals surface area (Å²) < 4.78 is 0. The van der Waals surface area contributed by atoms with E-state index in [9.17, 15) is 9.59 Å². The van der Waals surface area contributed by atoms with E-state index in [2.05, 4.69) is 19.2 Å². The van der Waals surface area contributed by atoms with Crippen molar-refractivity contribution >= 4 is 40.4 Å². The molecule has 0 saturated heterocycles. The molecule has 0 aromatic heterocycles. The maximum atomic E-state index is 13.6. The zero-order valence-electron chi connectivity index (χ0n) is 19.5. The van der Waals surface area contributed by atoms with Gasteiger partial charge in [0.2, 0.25) is 0 Å². The quantitative estimate of drug-likeness (QED) is 0.428. The van der Waals surface area contributed by atoms with Crippen molar-refractivity contribution in [2.45, 2.75) is 40.5 Å². The van der Waals surface area contributed by atoms with Crippen molar-refractivity contribution in [2.24, 2.45) is 0 Å². The molecule has 0 atom stereocenters. The first-order valence-corrected chi connectivity index (χ1v) is 11.4. The lowest BCUT2D eigenvalue weighted by Gasteiger charge is -2.16. The number of nitrogens with zero attached hydrogens (tertiary/aromatic N) is 1. The van der Waals surface area contributed by atoms with Crippen LogP contribution in [0.2, 0.25) is 5.02 Å². The summed E-state index contributed by atoms with van der Waals surface area (Å²) in [6, 6.07) is 18.9. The number of amides is 2. The molecule has 1 aliphatic heterocycles. The third-order valence-corrected chi connectivity index (χ3v) is 6.55. The fraction of sp³-hybridized carbons (Fsp3) is 0.214. The van der Waals surface area contributed by atoms with E-state index in [1.54, 1.807) is 12.1 Å². The molecule has 1 N–H and O–H groups in total. The lowest BCUT2D eigenvalue weighted by molar-refractivity contribution is -0.120. The average molecular weight is 459 g/mol. The van der Waals surface area contributed by atoms with Crippen LogP contribution in [0.3, 0.4) is 0 Å². The molecule has 5 heteroatoms. The van der Waals surface area contributed by atoms with Crippen LogP contribution in [0.4, 0.5) is 11.4 Å². The summed E-state index contributed by atoms with van der Waals surface area (Å²) in [5, 5.41) is 3.74. The largest absolute Gasteiger partial charge is 0.350 e. The van der Waals surface area contributed by atoms with Crippen LogP contribution < -0.4 is 10.2 Å². The van der Waals surface area contributed by atoms with Crippen LogP contribution in [0.5, 0.6) is 0 Å². The van der Waals surface area contributed by atoms with E-state index >= 15 is 0 Å². The van der Waals surface area contributed by atoms with Crippen molar-refractivity contribution in [3.8, 4) is 0 Å². The number of carbonyl (C=O) groups is 2. The molecule has 1 heterocycles. The standard InChI is InChI=1S/C28H27ClN2O2/c1-16(2)20-9-11-22(12-10-20)30-26-25(21-8-6-17(3)19(5)14-21)27(32)31(28(26)33)23-13-7-18(4)24(29)15-23/h6-16,30H,1-5H3. The number of nitrogens with one attached hydrogen (secondary N) is 1. The van der Waals surface area contributed by atoms with Gasteiger partial charge in [0.15, 0.2) is 0 Å². The number of anilines is 2. The number of imide groups is 1. The Balaban J connectivity index is 1.81. The van der Waals surface area contributed by atoms with Crippen LogP contribution in [-0.2, 0) is 9.59 Å². The minimum atomic E-state index is -0.402. The number of hydrogen-bond donors (Lipinski definition) is 1. The highest BCUT2D eigenvalue weighted by atomic mass is 35.5. The Morgan fingerprint density at radius 2 is 1.45 bits per heavy atom. The molecular weight excluding hydrogens is 432 g/mol. The SMILES string of the molecule is Cc1ccc(C2=C(Nc3ccc(C(C)C)cc3)C(=O)N(c3ccc(C)c(Cl)c3)C2=O)cc1C. The minimum Gasteiger partial charge on any atom is -0.350 e. The van der Waals surface area contributed by atoms with Gasteiger partial charge in [-0.25, -0.2) is 4.90 Å². The summed E-state index contributed by atoms with van der Waals surface area (Å²) in [7, 11) is 0. The molecule has 0 aliphatic carbocycles. The molecule has 3 aromatic rings. The van der Waals surface area contributed by atoms with E-state index in [0.717, 1.165) is 22.4 Å². The van der Waals surface area contributed by atoms with Gasteiger partial charge in [-0.1, -0.05) is 61.8 Å². The van der Waals surface area contributed by atoms with Gasteiger partial charge >= 0.3 is 0 Å². The van der Waals surface area contributed by atoms with Crippen molar-refractivity contribution in [2.75, 3.05) is 10.2 Å². The second-order valence-electron chi connectivity index (χ2n) is 8.83. The zero-order chi connectivity index (χ0) is 23.9. The molecular formula is C28H27ClN2O2. The highest BCUT2D eigenvalue weighted by molar-refractivity contribution is 6.46. The number of rotatable bonds is 5. The van der Waals surface area contributed by atoms with Crippen LogP contribution >= 0.6 is 11.6 Å². The molecule has 3 aromatic carbocycles. The highest BCUT2D eigenvalue weighted by Gasteiger charge is 2.40. The predicted molar refractivity (Wildman–Crippen MR) is 136 cm³/mol. The molecule has 33 heavy (non-hydrogen) atoms. The number of hydrogen-bond acceptors (Lipinski definition) is 3. The molecule has 0 spiro atoms. The monoisotopic (exact) mass is 458 g/mol. The second-order valence-corrected chi connectivity index (χ2v) is 9.24. The Morgan fingerprint density at radius 3 is 2.06 bits per heavy atom. The topological polar surface area (TPSA) is 49.4 Å². The fourth-order valence-electron chi connectivity index (χ4n) is 3.86. The lowest BCUT2D eigenvalue weighted by atomic mass is 9.99. The van der Waals surface area contributed by atoms with Crippen LogP contribution in [0, 0.1) is 20.8 Å². The molecule has 1 aliphatic rings. The molecule has 0 unspecified atom stereocenters. The highest BCUT2D eigenvalue weighted by Crippen LogP contribution is 2.35. The summed E-state index contributed by atoms with van der Waals surface area (Å²) in [6.07, 6.45) is 0. The molecule has 2 amide bonds. The van der Waals surface area contributed by atoms with Gasteiger partial charge in [-0.05, 0) is 78.8 Å². The van der Waals surface area contributed by atoms with E-state index < -0.39 is 5.91 Å². The van der Waals surface area contributed by atoms with Gasteiger partial charge in [0.1, 0.15) is 5.70 Å². The van der Waals surface area contributed by atoms with Crippen molar-refractivity contribution in [3.05, 3.63) is 99.2 Å². The molecule has 0 fully saturated rings. The van der Waals surface area contributed by atoms with Crippen LogP contribution in [0.1, 0.15) is 47.6 Å². The van der Waals surface area contributed by atoms with E-state index in [0.29, 0.717) is 27.8 Å². The van der Waals surface area contributed by atoms with Crippen molar-refractivity contribution in [1.82, 2.24) is 0 Å². The normalized spacial score (nSPS) is 14.0. The molecule has 4 rings (SSSR count). The molecule has 4 nitrogen and oxygen atoms in total. The summed E-state index contributed by atoms with van der Waals surface area (Å²) in [4.78, 5) is 28.4. The summed E-state index contributed by atoms with van der Waals surface area (Å²) in [5.41, 5.74) is 6.78. The molecule has 0 bridgehead atoms. The minimum absolute atomic E-state index is 0.261. The van der Waals surface area contributed by atoms with Crippen molar-refractivity contribution < 1.29 is 9.59 Å². The third-order valence-electron chi connectivity index (χ3n) is 6.14. The fourth-order valence-corrected chi connectivity index (χ4v) is 4.04. The van der Waals surface area contributed by atoms with Crippen LogP contribution in [0.25, 0.3) is 5.57 Å². The number of carbonyl (C=O) groups excluding carboxylic acids is 2. The van der Waals surface area contributed by atoms with Crippen LogP contribution in [-0.4, -0.2) is 11.8 Å². The second kappa shape index (κ2) is 8.87. The van der Waals surface area contributed by atoms with Gasteiger partial charge in [0, 0.05) is 10.7 Å². The Bertz CT molecular complexity index is 1290. The maximum Gasteiger partial charge on any atom is 0.282 e. The summed E-state index contributed by atoms with van der Waals surface area (Å²) in [6.45, 7) is 10.2. The Hall–Kier alpha value is -3.37. The summed E-state index contributed by atoms with van der Waals surface area (Å²) in [5.74, 6) is -0.369. The number of aryl methyl sites for hydroxylation is 3. The smallest absolute Gasteiger partial charge is 0.282 e. The van der Waals surface area contributed by atoms with E-state index in [1.165, 1.54) is 10.5 Å². The maximum absolute atomic E-state index is 13.6. The first-order chi connectivity index (χ1) is 15.7. The van der Waals surface area contributed by atoms with Crippen molar-refractivity contribution in [3.63, 3.8) is 0 Å². The Morgan fingerprint density at radius 1 is 0.788 bits per heavy atom. The van der Waals surface area contributed by atoms with Gasteiger partial charge < -0.3 is 5.32 Å². The molecule has 0 radical (unpaired) electrons. The Kier molecular flexibility index (Phi) is 6.13. The number of halogens is 1. The predicted octanol–water partition coefficient (Wildman–Crippen LogP) is 6.79. The van der Waals surface area contributed by atoms with Crippen molar-refractivity contribution in [1.29, 1.82) is 0 Å². The van der Waals surface area contributed by atoms with Gasteiger partial charge in [0.25, 0.3) is 11.8 Å². The zero-order valence-corrected chi connectivity index (χ0v) is 20.2. The van der Waals surface area contributed by atoms with Gasteiger partial charge in [-0.2, -0.15) is 0 Å². The lowest BCUT2D eigenvalue weighted by Crippen LogP contribution is -2.32. The van der Waals surface area contributed by atoms with Gasteiger partial charge in [-0.15, -0.1) is 0 Å². The molecule has 168 valence electrons. The first kappa shape index (κ1) is 22.8. The van der Waals surface area contributed by atoms with E-state index in [-0.39, 0.29) is 11.6 Å². The van der Waals surface area contributed by atoms with E-state index in [4.69, 9.17) is 11.6 Å². The Labute approximate surface area is 199 Å². The summed E-state index contributed by atoms with van der Waals surface area (Å²) >= 11 is 6.31. The van der Waals surface area contributed by atoms with Gasteiger partial charge in [-0.3, -0.25) is 9.59 Å². The number of benzene rings is 3.